The summed E-state index contributed by atoms with van der Waals surface area (Å²) in [5.41, 5.74) is 5.13. The van der Waals surface area contributed by atoms with Crippen LogP contribution < -0.4 is 4.90 Å². The van der Waals surface area contributed by atoms with Gasteiger partial charge in [0.25, 0.3) is 0 Å². The van der Waals surface area contributed by atoms with Crippen LogP contribution in [0.15, 0.2) is 29.9 Å². The van der Waals surface area contributed by atoms with Crippen molar-refractivity contribution in [3.63, 3.8) is 0 Å². The zero-order valence-electron chi connectivity index (χ0n) is 13.6. The minimum absolute atomic E-state index is 0.949. The summed E-state index contributed by atoms with van der Waals surface area (Å²) < 4.78 is 0. The first-order chi connectivity index (χ1) is 10.7. The van der Waals surface area contributed by atoms with Gasteiger partial charge in [-0.1, -0.05) is 18.2 Å². The van der Waals surface area contributed by atoms with Crippen LogP contribution in [0.1, 0.15) is 25.0 Å². The fourth-order valence-corrected chi connectivity index (χ4v) is 3.65. The second-order valence-corrected chi connectivity index (χ2v) is 6.36. The molecule has 3 nitrogen and oxygen atoms in total. The number of aryl methyl sites for hydroxylation is 2. The third kappa shape index (κ3) is 2.48. The maximum absolute atomic E-state index is 4.57. The Morgan fingerprint density at radius 3 is 2.50 bits per heavy atom. The number of rotatable bonds is 4. The minimum Gasteiger partial charge on any atom is -0.357 e. The molecule has 0 amide bonds. The van der Waals surface area contributed by atoms with E-state index in [1.807, 2.05) is 0 Å². The zero-order valence-corrected chi connectivity index (χ0v) is 14.4. The summed E-state index contributed by atoms with van der Waals surface area (Å²) in [4.78, 5) is 12.4. The molecule has 2 aromatic heterocycles. The summed E-state index contributed by atoms with van der Waals surface area (Å²) in [6.07, 6.45) is 1.68. The lowest BCUT2D eigenvalue weighted by molar-refractivity contribution is 0.849. The minimum atomic E-state index is 0.949. The van der Waals surface area contributed by atoms with Crippen molar-refractivity contribution in [2.24, 2.45) is 0 Å². The van der Waals surface area contributed by atoms with E-state index in [1.54, 1.807) is 17.7 Å². The van der Waals surface area contributed by atoms with Gasteiger partial charge in [0.1, 0.15) is 17.0 Å². The fraction of sp³-hybridized carbons (Fsp3) is 0.333. The van der Waals surface area contributed by atoms with Crippen LogP contribution in [0.4, 0.5) is 5.82 Å². The molecule has 0 saturated carbocycles. The van der Waals surface area contributed by atoms with E-state index in [0.717, 1.165) is 23.7 Å². The van der Waals surface area contributed by atoms with Crippen LogP contribution in [-0.4, -0.2) is 23.1 Å². The van der Waals surface area contributed by atoms with Gasteiger partial charge in [-0.15, -0.1) is 11.3 Å². The highest BCUT2D eigenvalue weighted by molar-refractivity contribution is 7.17. The van der Waals surface area contributed by atoms with Crippen molar-refractivity contribution in [2.75, 3.05) is 18.0 Å². The van der Waals surface area contributed by atoms with E-state index in [4.69, 9.17) is 0 Å². The van der Waals surface area contributed by atoms with Crippen LogP contribution in [0, 0.1) is 13.8 Å². The molecule has 0 saturated heterocycles. The molecule has 2 heterocycles. The maximum atomic E-state index is 4.57. The number of hydrogen-bond donors (Lipinski definition) is 0. The highest BCUT2D eigenvalue weighted by atomic mass is 32.1. The number of fused-ring (bicyclic) bond motifs is 1. The first-order valence-corrected chi connectivity index (χ1v) is 8.58. The Hall–Kier alpha value is -1.94. The van der Waals surface area contributed by atoms with Crippen molar-refractivity contribution >= 4 is 27.4 Å². The van der Waals surface area contributed by atoms with Crippen LogP contribution in [0.5, 0.6) is 0 Å². The quantitative estimate of drug-likeness (QED) is 0.691. The topological polar surface area (TPSA) is 29.0 Å². The molecule has 114 valence electrons. The van der Waals surface area contributed by atoms with Crippen LogP contribution in [0.3, 0.4) is 0 Å². The standard InChI is InChI=1S/C18H21N3S/c1-5-21(6-2)17-16-15(10-22-18(16)20-11-19-17)14-8-7-12(3)13(4)9-14/h7-11H,5-6H2,1-4H3. The molecule has 0 aliphatic heterocycles. The van der Waals surface area contributed by atoms with Gasteiger partial charge in [-0.25, -0.2) is 9.97 Å². The predicted molar refractivity (Wildman–Crippen MR) is 95.9 cm³/mol. The molecular weight excluding hydrogens is 290 g/mol. The average Bonchev–Trinajstić information content (AvgIpc) is 2.96. The summed E-state index contributed by atoms with van der Waals surface area (Å²) in [6.45, 7) is 10.5. The van der Waals surface area contributed by atoms with E-state index in [1.165, 1.54) is 27.6 Å². The van der Waals surface area contributed by atoms with Crippen molar-refractivity contribution < 1.29 is 0 Å². The van der Waals surface area contributed by atoms with E-state index in [9.17, 15) is 0 Å². The monoisotopic (exact) mass is 311 g/mol. The van der Waals surface area contributed by atoms with Gasteiger partial charge in [-0.2, -0.15) is 0 Å². The molecule has 3 aromatic rings. The molecule has 0 N–H and O–H groups in total. The van der Waals surface area contributed by atoms with Crippen molar-refractivity contribution in [1.82, 2.24) is 9.97 Å². The summed E-state index contributed by atoms with van der Waals surface area (Å²) in [7, 11) is 0. The molecule has 0 atom stereocenters. The van der Waals surface area contributed by atoms with Crippen molar-refractivity contribution in [3.8, 4) is 11.1 Å². The largest absolute Gasteiger partial charge is 0.357 e. The first kappa shape index (κ1) is 15.0. The van der Waals surface area contributed by atoms with Crippen molar-refractivity contribution in [2.45, 2.75) is 27.7 Å². The van der Waals surface area contributed by atoms with E-state index in [2.05, 4.69) is 66.1 Å². The lowest BCUT2D eigenvalue weighted by Gasteiger charge is -2.21. The van der Waals surface area contributed by atoms with Gasteiger partial charge < -0.3 is 4.90 Å². The molecule has 0 aliphatic rings. The van der Waals surface area contributed by atoms with Gasteiger partial charge in [0, 0.05) is 24.0 Å². The molecular formula is C18H21N3S. The molecule has 0 aliphatic carbocycles. The van der Waals surface area contributed by atoms with E-state index >= 15 is 0 Å². The van der Waals surface area contributed by atoms with Gasteiger partial charge in [0.2, 0.25) is 0 Å². The Bertz CT molecular complexity index is 803. The summed E-state index contributed by atoms with van der Waals surface area (Å²) in [5.74, 6) is 1.05. The lowest BCUT2D eigenvalue weighted by atomic mass is 10.0. The van der Waals surface area contributed by atoms with Gasteiger partial charge >= 0.3 is 0 Å². The second kappa shape index (κ2) is 6.05. The van der Waals surface area contributed by atoms with Gasteiger partial charge in [-0.3, -0.25) is 0 Å². The summed E-state index contributed by atoms with van der Waals surface area (Å²) in [5, 5.41) is 3.38. The van der Waals surface area contributed by atoms with Crippen molar-refractivity contribution in [1.29, 1.82) is 0 Å². The zero-order chi connectivity index (χ0) is 15.7. The molecule has 0 bridgehead atoms. The highest BCUT2D eigenvalue weighted by Crippen LogP contribution is 2.38. The van der Waals surface area contributed by atoms with Gasteiger partial charge in [-0.05, 0) is 44.4 Å². The smallest absolute Gasteiger partial charge is 0.141 e. The Morgan fingerprint density at radius 2 is 1.82 bits per heavy atom. The number of anilines is 1. The Kier molecular flexibility index (Phi) is 4.12. The number of nitrogens with zero attached hydrogens (tertiary/aromatic N) is 3. The molecule has 0 spiro atoms. The van der Waals surface area contributed by atoms with Crippen LogP contribution in [0.25, 0.3) is 21.3 Å². The maximum Gasteiger partial charge on any atom is 0.141 e. The Balaban J connectivity index is 2.24. The predicted octanol–water partition coefficient (Wildman–Crippen LogP) is 4.82. The van der Waals surface area contributed by atoms with Gasteiger partial charge in [0.05, 0.1) is 5.39 Å². The molecule has 0 fully saturated rings. The number of hydrogen-bond acceptors (Lipinski definition) is 4. The second-order valence-electron chi connectivity index (χ2n) is 5.50. The third-order valence-corrected chi connectivity index (χ3v) is 5.12. The molecule has 0 unspecified atom stereocenters. The molecule has 3 rings (SSSR count). The summed E-state index contributed by atoms with van der Waals surface area (Å²) >= 11 is 1.69. The molecule has 1 aromatic carbocycles. The Labute approximate surface area is 135 Å². The molecule has 0 radical (unpaired) electrons. The van der Waals surface area contributed by atoms with E-state index in [-0.39, 0.29) is 0 Å². The molecule has 4 heteroatoms. The number of thiophene rings is 1. The van der Waals surface area contributed by atoms with E-state index in [0.29, 0.717) is 0 Å². The first-order valence-electron chi connectivity index (χ1n) is 7.70. The average molecular weight is 311 g/mol. The van der Waals surface area contributed by atoms with Gasteiger partial charge in [0.15, 0.2) is 0 Å². The SMILES string of the molecule is CCN(CC)c1ncnc2scc(-c3ccc(C)c(C)c3)c12. The van der Waals surface area contributed by atoms with E-state index < -0.39 is 0 Å². The normalized spacial score (nSPS) is 11.1. The van der Waals surface area contributed by atoms with Crippen molar-refractivity contribution in [3.05, 3.63) is 41.0 Å². The Morgan fingerprint density at radius 1 is 1.05 bits per heavy atom. The number of aromatic nitrogens is 2. The van der Waals surface area contributed by atoms with Crippen LogP contribution in [-0.2, 0) is 0 Å². The lowest BCUT2D eigenvalue weighted by Crippen LogP contribution is -2.23. The van der Waals surface area contributed by atoms with Crippen LogP contribution >= 0.6 is 11.3 Å². The third-order valence-electron chi connectivity index (χ3n) is 4.23. The number of benzene rings is 1. The molecule has 22 heavy (non-hydrogen) atoms. The fourth-order valence-electron chi connectivity index (χ4n) is 2.74. The summed E-state index contributed by atoms with van der Waals surface area (Å²) in [6, 6.07) is 6.65. The highest BCUT2D eigenvalue weighted by Gasteiger charge is 2.16. The van der Waals surface area contributed by atoms with Crippen LogP contribution in [0.2, 0.25) is 0 Å².